The number of benzene rings is 2. The first-order chi connectivity index (χ1) is 8.84. The van der Waals surface area contributed by atoms with Gasteiger partial charge >= 0.3 is 0 Å². The van der Waals surface area contributed by atoms with E-state index in [9.17, 15) is 0 Å². The van der Waals surface area contributed by atoms with Crippen LogP contribution < -0.4 is 10.6 Å². The summed E-state index contributed by atoms with van der Waals surface area (Å²) >= 11 is 0. The maximum atomic E-state index is 6.07. The Morgan fingerprint density at radius 3 is 2.58 bits per heavy atom. The second-order valence-electron chi connectivity index (χ2n) is 4.86. The predicted molar refractivity (Wildman–Crippen MR) is 83.9 cm³/mol. The van der Waals surface area contributed by atoms with Gasteiger partial charge < -0.3 is 10.6 Å². The maximum absolute atomic E-state index is 6.07. The highest BCUT2D eigenvalue weighted by Gasteiger charge is 2.18. The van der Waals surface area contributed by atoms with Crippen LogP contribution in [0, 0.1) is 0 Å². The molecule has 0 aromatic heterocycles. The van der Waals surface area contributed by atoms with Crippen LogP contribution in [0.3, 0.4) is 0 Å². The zero-order valence-corrected chi connectivity index (χ0v) is 11.7. The molecule has 3 rings (SSSR count). The lowest BCUT2D eigenvalue weighted by Gasteiger charge is -2.32. The second-order valence-corrected chi connectivity index (χ2v) is 4.86. The Bertz CT molecular complexity index is 540. The summed E-state index contributed by atoms with van der Waals surface area (Å²) in [5.74, 6) is 0. The number of fused-ring (bicyclic) bond motifs is 1. The molecule has 0 unspecified atom stereocenters. The molecular formula is C16H19ClN2. The van der Waals surface area contributed by atoms with Gasteiger partial charge in [0.1, 0.15) is 0 Å². The van der Waals surface area contributed by atoms with Gasteiger partial charge in [0.05, 0.1) is 0 Å². The number of hydrogen-bond donors (Lipinski definition) is 1. The molecule has 0 radical (unpaired) electrons. The lowest BCUT2D eigenvalue weighted by atomic mass is 9.99. The van der Waals surface area contributed by atoms with Gasteiger partial charge in [0.25, 0.3) is 0 Å². The van der Waals surface area contributed by atoms with E-state index in [0.29, 0.717) is 0 Å². The number of nitrogens with zero attached hydrogens (tertiary/aromatic N) is 1. The Balaban J connectivity index is 0.00000133. The first-order valence-electron chi connectivity index (χ1n) is 6.51. The fraction of sp³-hybridized carbons (Fsp3) is 0.250. The van der Waals surface area contributed by atoms with E-state index in [4.69, 9.17) is 5.73 Å². The van der Waals surface area contributed by atoms with Crippen molar-refractivity contribution in [2.24, 2.45) is 0 Å². The number of anilines is 2. The highest BCUT2D eigenvalue weighted by molar-refractivity contribution is 5.85. The molecule has 19 heavy (non-hydrogen) atoms. The van der Waals surface area contributed by atoms with Crippen LogP contribution in [0.2, 0.25) is 0 Å². The van der Waals surface area contributed by atoms with Gasteiger partial charge in [-0.15, -0.1) is 12.4 Å². The van der Waals surface area contributed by atoms with Crippen molar-refractivity contribution >= 4 is 23.8 Å². The molecule has 2 nitrogen and oxygen atoms in total. The molecule has 0 aliphatic carbocycles. The fourth-order valence-electron chi connectivity index (χ4n) is 2.70. The summed E-state index contributed by atoms with van der Waals surface area (Å²) < 4.78 is 0. The lowest BCUT2D eigenvalue weighted by Crippen LogP contribution is -2.29. The molecule has 2 N–H and O–H groups in total. The third kappa shape index (κ3) is 2.85. The third-order valence-corrected chi connectivity index (χ3v) is 3.60. The van der Waals surface area contributed by atoms with Crippen molar-refractivity contribution in [3.8, 4) is 0 Å². The van der Waals surface area contributed by atoms with Gasteiger partial charge in [0, 0.05) is 24.5 Å². The molecule has 0 fully saturated rings. The van der Waals surface area contributed by atoms with Gasteiger partial charge in [-0.25, -0.2) is 0 Å². The Labute approximate surface area is 120 Å². The van der Waals surface area contributed by atoms with Crippen LogP contribution in [0.15, 0.2) is 48.5 Å². The molecule has 100 valence electrons. The topological polar surface area (TPSA) is 29.3 Å². The molecular weight excluding hydrogens is 256 g/mol. The average molecular weight is 275 g/mol. The quantitative estimate of drug-likeness (QED) is 0.847. The summed E-state index contributed by atoms with van der Waals surface area (Å²) in [6, 6.07) is 16.9. The van der Waals surface area contributed by atoms with E-state index in [2.05, 4.69) is 47.4 Å². The third-order valence-electron chi connectivity index (χ3n) is 3.60. The second kappa shape index (κ2) is 5.98. The lowest BCUT2D eigenvalue weighted by molar-refractivity contribution is 0.692. The summed E-state index contributed by atoms with van der Waals surface area (Å²) in [5.41, 5.74) is 11.0. The van der Waals surface area contributed by atoms with E-state index in [1.807, 2.05) is 6.07 Å². The SMILES string of the molecule is Cl.Nc1cccc2c1CCCN2Cc1ccccc1. The minimum Gasteiger partial charge on any atom is -0.398 e. The summed E-state index contributed by atoms with van der Waals surface area (Å²) in [6.45, 7) is 2.09. The predicted octanol–water partition coefficient (Wildman–Crippen LogP) is 3.64. The zero-order valence-electron chi connectivity index (χ0n) is 10.9. The van der Waals surface area contributed by atoms with Crippen molar-refractivity contribution in [2.45, 2.75) is 19.4 Å². The highest BCUT2D eigenvalue weighted by Crippen LogP contribution is 2.32. The van der Waals surface area contributed by atoms with Crippen molar-refractivity contribution in [3.63, 3.8) is 0 Å². The molecule has 0 saturated heterocycles. The Hall–Kier alpha value is -1.67. The van der Waals surface area contributed by atoms with Crippen molar-refractivity contribution < 1.29 is 0 Å². The van der Waals surface area contributed by atoms with Gasteiger partial charge in [-0.05, 0) is 36.1 Å². The molecule has 0 saturated carbocycles. The van der Waals surface area contributed by atoms with E-state index in [1.165, 1.54) is 23.2 Å². The normalized spacial score (nSPS) is 13.6. The van der Waals surface area contributed by atoms with Gasteiger partial charge in [0.15, 0.2) is 0 Å². The summed E-state index contributed by atoms with van der Waals surface area (Å²) in [5, 5.41) is 0. The first kappa shape index (κ1) is 13.8. The highest BCUT2D eigenvalue weighted by atomic mass is 35.5. The molecule has 2 aromatic carbocycles. The monoisotopic (exact) mass is 274 g/mol. The van der Waals surface area contributed by atoms with Crippen molar-refractivity contribution in [1.29, 1.82) is 0 Å². The average Bonchev–Trinajstić information content (AvgIpc) is 2.41. The fourth-order valence-corrected chi connectivity index (χ4v) is 2.70. The first-order valence-corrected chi connectivity index (χ1v) is 6.51. The van der Waals surface area contributed by atoms with Crippen LogP contribution in [0.5, 0.6) is 0 Å². The summed E-state index contributed by atoms with van der Waals surface area (Å²) in [4.78, 5) is 2.44. The molecule has 1 aliphatic rings. The van der Waals surface area contributed by atoms with E-state index in [-0.39, 0.29) is 12.4 Å². The van der Waals surface area contributed by atoms with E-state index < -0.39 is 0 Å². The zero-order chi connectivity index (χ0) is 12.4. The number of nitrogens with two attached hydrogens (primary N) is 1. The van der Waals surface area contributed by atoms with E-state index >= 15 is 0 Å². The number of halogens is 1. The van der Waals surface area contributed by atoms with Crippen molar-refractivity contribution in [2.75, 3.05) is 17.2 Å². The van der Waals surface area contributed by atoms with Crippen LogP contribution in [0.4, 0.5) is 11.4 Å². The molecule has 1 aliphatic heterocycles. The van der Waals surface area contributed by atoms with Gasteiger partial charge in [0.2, 0.25) is 0 Å². The van der Waals surface area contributed by atoms with Gasteiger partial charge in [-0.1, -0.05) is 36.4 Å². The van der Waals surface area contributed by atoms with E-state index in [1.54, 1.807) is 0 Å². The standard InChI is InChI=1S/C16H18N2.ClH/c17-15-9-4-10-16-14(15)8-5-11-18(16)12-13-6-2-1-3-7-13;/h1-4,6-7,9-10H,5,8,11-12,17H2;1H. The number of hydrogen-bond acceptors (Lipinski definition) is 2. The Kier molecular flexibility index (Phi) is 4.33. The van der Waals surface area contributed by atoms with Crippen LogP contribution in [0.1, 0.15) is 17.5 Å². The van der Waals surface area contributed by atoms with Gasteiger partial charge in [-0.3, -0.25) is 0 Å². The van der Waals surface area contributed by atoms with Gasteiger partial charge in [-0.2, -0.15) is 0 Å². The van der Waals surface area contributed by atoms with Crippen molar-refractivity contribution in [1.82, 2.24) is 0 Å². The molecule has 0 amide bonds. The minimum absolute atomic E-state index is 0. The largest absolute Gasteiger partial charge is 0.398 e. The molecule has 2 aromatic rings. The number of rotatable bonds is 2. The van der Waals surface area contributed by atoms with Crippen LogP contribution in [-0.2, 0) is 13.0 Å². The minimum atomic E-state index is 0. The smallest absolute Gasteiger partial charge is 0.0429 e. The Morgan fingerprint density at radius 1 is 1.00 bits per heavy atom. The van der Waals surface area contributed by atoms with Crippen LogP contribution >= 0.6 is 12.4 Å². The Morgan fingerprint density at radius 2 is 1.79 bits per heavy atom. The van der Waals surface area contributed by atoms with Crippen LogP contribution in [0.25, 0.3) is 0 Å². The summed E-state index contributed by atoms with van der Waals surface area (Å²) in [7, 11) is 0. The van der Waals surface area contributed by atoms with E-state index in [0.717, 1.165) is 25.2 Å². The maximum Gasteiger partial charge on any atom is 0.0429 e. The number of nitrogen functional groups attached to an aromatic ring is 1. The van der Waals surface area contributed by atoms with Crippen LogP contribution in [-0.4, -0.2) is 6.54 Å². The molecule has 0 atom stereocenters. The molecule has 3 heteroatoms. The molecule has 0 spiro atoms. The molecule has 1 heterocycles. The molecule has 0 bridgehead atoms. The van der Waals surface area contributed by atoms with Crippen molar-refractivity contribution in [3.05, 3.63) is 59.7 Å². The summed E-state index contributed by atoms with van der Waals surface area (Å²) in [6.07, 6.45) is 2.29.